The Labute approximate surface area is 170 Å². The number of aryl methyl sites for hydroxylation is 1. The summed E-state index contributed by atoms with van der Waals surface area (Å²) in [6.45, 7) is 3.34. The molecule has 0 spiro atoms. The number of aromatic nitrogens is 2. The van der Waals surface area contributed by atoms with E-state index in [1.807, 2.05) is 0 Å². The summed E-state index contributed by atoms with van der Waals surface area (Å²) in [5.41, 5.74) is 5.72. The van der Waals surface area contributed by atoms with E-state index >= 15 is 0 Å². The zero-order valence-electron chi connectivity index (χ0n) is 16.4. The molecule has 1 atom stereocenters. The predicted octanol–water partition coefficient (Wildman–Crippen LogP) is 2.40. The van der Waals surface area contributed by atoms with E-state index in [-0.39, 0.29) is 16.9 Å². The van der Waals surface area contributed by atoms with Crippen molar-refractivity contribution in [3.05, 3.63) is 47.3 Å². The fourth-order valence-electron chi connectivity index (χ4n) is 3.16. The Kier molecular flexibility index (Phi) is 5.77. The molecule has 30 heavy (non-hydrogen) atoms. The van der Waals surface area contributed by atoms with Crippen molar-refractivity contribution in [2.75, 3.05) is 18.2 Å². The number of nitrogens with two attached hydrogens (primary N) is 1. The number of hydrogen-bond donors (Lipinski definition) is 4. The molecule has 1 aromatic heterocycles. The first-order chi connectivity index (χ1) is 14.0. The number of methoxy groups -OCH3 is 1. The largest absolute Gasteiger partial charge is 0.497 e. The molecule has 3 rings (SSSR count). The van der Waals surface area contributed by atoms with Crippen LogP contribution in [-0.4, -0.2) is 34.2 Å². The summed E-state index contributed by atoms with van der Waals surface area (Å²) in [7, 11) is -0.403. The lowest BCUT2D eigenvalue weighted by Gasteiger charge is -2.19. The smallest absolute Gasteiger partial charge is 0.492 e. The first-order valence-corrected chi connectivity index (χ1v) is 8.96. The maximum atomic E-state index is 13.1. The lowest BCUT2D eigenvalue weighted by Crippen LogP contribution is -2.31. The summed E-state index contributed by atoms with van der Waals surface area (Å²) in [5, 5.41) is 22.8. The molecule has 7 nitrogen and oxygen atoms in total. The molecule has 11 heteroatoms. The van der Waals surface area contributed by atoms with Crippen LogP contribution in [0.25, 0.3) is 10.9 Å². The number of nitrogens with zero attached hydrogens (tertiary/aromatic N) is 2. The van der Waals surface area contributed by atoms with Crippen molar-refractivity contribution in [1.82, 2.24) is 9.97 Å². The molecule has 5 N–H and O–H groups in total. The zero-order valence-corrected chi connectivity index (χ0v) is 16.4. The van der Waals surface area contributed by atoms with Crippen LogP contribution < -0.4 is 21.3 Å². The van der Waals surface area contributed by atoms with Crippen molar-refractivity contribution >= 4 is 35.0 Å². The normalized spacial score (nSPS) is 12.7. The van der Waals surface area contributed by atoms with Crippen LogP contribution in [0.5, 0.6) is 5.75 Å². The Balaban J connectivity index is 2.07. The molecule has 1 heterocycles. The monoisotopic (exact) mass is 420 g/mol. The van der Waals surface area contributed by atoms with Crippen molar-refractivity contribution in [2.24, 2.45) is 0 Å². The number of hydrogen-bond acceptors (Lipinski definition) is 7. The predicted molar refractivity (Wildman–Crippen MR) is 109 cm³/mol. The molecule has 2 aromatic carbocycles. The molecular formula is C19H20BF3N4O3. The van der Waals surface area contributed by atoms with Gasteiger partial charge in [0, 0.05) is 22.6 Å². The number of rotatable bonds is 5. The second-order valence-electron chi connectivity index (χ2n) is 6.86. The van der Waals surface area contributed by atoms with E-state index in [9.17, 15) is 23.2 Å². The summed E-state index contributed by atoms with van der Waals surface area (Å²) >= 11 is 0. The number of nitrogen functional groups attached to an aromatic ring is 1. The van der Waals surface area contributed by atoms with Crippen LogP contribution in [0.4, 0.5) is 24.7 Å². The molecule has 3 aromatic rings. The topological polar surface area (TPSA) is 114 Å². The number of ether oxygens (including phenoxy) is 1. The highest BCUT2D eigenvalue weighted by molar-refractivity contribution is 6.60. The number of benzene rings is 2. The number of alkyl halides is 3. The minimum atomic E-state index is -4.52. The van der Waals surface area contributed by atoms with E-state index in [1.165, 1.54) is 25.3 Å². The zero-order chi connectivity index (χ0) is 22.2. The van der Waals surface area contributed by atoms with Gasteiger partial charge in [-0.3, -0.25) is 0 Å². The molecule has 0 fully saturated rings. The molecule has 0 radical (unpaired) electrons. The van der Waals surface area contributed by atoms with Crippen LogP contribution in [0, 0.1) is 6.92 Å². The van der Waals surface area contributed by atoms with Crippen LogP contribution >= 0.6 is 0 Å². The third-order valence-electron chi connectivity index (χ3n) is 4.60. The molecule has 0 aliphatic rings. The maximum Gasteiger partial charge on any atom is 0.492 e. The summed E-state index contributed by atoms with van der Waals surface area (Å²) in [5.74, 6) is 0.978. The Bertz CT molecular complexity index is 1090. The molecule has 0 saturated carbocycles. The van der Waals surface area contributed by atoms with Crippen LogP contribution in [0.3, 0.4) is 0 Å². The van der Waals surface area contributed by atoms with Crippen LogP contribution in [0.1, 0.15) is 29.9 Å². The van der Waals surface area contributed by atoms with Crippen molar-refractivity contribution in [1.29, 1.82) is 0 Å². The van der Waals surface area contributed by atoms with Crippen LogP contribution in [0.2, 0.25) is 0 Å². The Hall–Kier alpha value is -3.05. The molecule has 158 valence electrons. The third kappa shape index (κ3) is 4.41. The maximum absolute atomic E-state index is 13.1. The minimum Gasteiger partial charge on any atom is -0.497 e. The van der Waals surface area contributed by atoms with Gasteiger partial charge in [-0.25, -0.2) is 9.97 Å². The molecule has 0 bridgehead atoms. The summed E-state index contributed by atoms with van der Waals surface area (Å²) in [6, 6.07) is 5.77. The standard InChI is InChI=1S/C19H20BF3N4O3/c1-9(11-4-12(19(21,22)23)6-13(24)5-11)25-18-14-7-15(20(28)29)17(30-3)8-16(14)26-10(2)27-18/h4-9,28-29H,24H2,1-3H3,(H,25,26,27)/t9-/m1/s1. The van der Waals surface area contributed by atoms with Gasteiger partial charge in [-0.1, -0.05) is 0 Å². The van der Waals surface area contributed by atoms with Gasteiger partial charge >= 0.3 is 13.3 Å². The number of halogens is 3. The van der Waals surface area contributed by atoms with E-state index in [2.05, 4.69) is 15.3 Å². The van der Waals surface area contributed by atoms with Crippen LogP contribution in [-0.2, 0) is 6.18 Å². The number of nitrogens with one attached hydrogen (secondary N) is 1. The Morgan fingerprint density at radius 2 is 1.83 bits per heavy atom. The molecule has 0 unspecified atom stereocenters. The second kappa shape index (κ2) is 8.00. The van der Waals surface area contributed by atoms with Gasteiger partial charge in [0.1, 0.15) is 17.4 Å². The van der Waals surface area contributed by atoms with Gasteiger partial charge in [-0.2, -0.15) is 13.2 Å². The van der Waals surface area contributed by atoms with E-state index in [4.69, 9.17) is 10.5 Å². The van der Waals surface area contributed by atoms with Gasteiger partial charge in [0.25, 0.3) is 0 Å². The molecule has 0 saturated heterocycles. The highest BCUT2D eigenvalue weighted by Gasteiger charge is 2.31. The van der Waals surface area contributed by atoms with Gasteiger partial charge in [-0.15, -0.1) is 0 Å². The van der Waals surface area contributed by atoms with E-state index in [0.29, 0.717) is 28.1 Å². The summed E-state index contributed by atoms with van der Waals surface area (Å²) in [6.07, 6.45) is -4.52. The lowest BCUT2D eigenvalue weighted by atomic mass is 9.79. The van der Waals surface area contributed by atoms with Crippen molar-refractivity contribution in [3.8, 4) is 5.75 Å². The van der Waals surface area contributed by atoms with E-state index in [0.717, 1.165) is 12.1 Å². The van der Waals surface area contributed by atoms with Gasteiger partial charge < -0.3 is 25.8 Å². The highest BCUT2D eigenvalue weighted by atomic mass is 19.4. The second-order valence-corrected chi connectivity index (χ2v) is 6.86. The van der Waals surface area contributed by atoms with Gasteiger partial charge in [0.05, 0.1) is 24.2 Å². The lowest BCUT2D eigenvalue weighted by molar-refractivity contribution is -0.137. The van der Waals surface area contributed by atoms with Crippen molar-refractivity contribution in [3.63, 3.8) is 0 Å². The average molecular weight is 420 g/mol. The first kappa shape index (κ1) is 21.7. The summed E-state index contributed by atoms with van der Waals surface area (Å²) < 4.78 is 44.6. The minimum absolute atomic E-state index is 0.00683. The molecule has 0 amide bonds. The quantitative estimate of drug-likeness (QED) is 0.370. The van der Waals surface area contributed by atoms with Gasteiger partial charge in [0.2, 0.25) is 0 Å². The number of anilines is 2. The van der Waals surface area contributed by atoms with Gasteiger partial charge in [-0.05, 0) is 43.7 Å². The van der Waals surface area contributed by atoms with E-state index < -0.39 is 24.9 Å². The SMILES string of the molecule is COc1cc2nc(C)nc(N[C@H](C)c3cc(N)cc(C(F)(F)F)c3)c2cc1B(O)O. The summed E-state index contributed by atoms with van der Waals surface area (Å²) in [4.78, 5) is 8.66. The molecule has 0 aliphatic carbocycles. The third-order valence-corrected chi connectivity index (χ3v) is 4.60. The van der Waals surface area contributed by atoms with Gasteiger partial charge in [0.15, 0.2) is 0 Å². The Morgan fingerprint density at radius 1 is 1.13 bits per heavy atom. The molecular weight excluding hydrogens is 400 g/mol. The highest BCUT2D eigenvalue weighted by Crippen LogP contribution is 2.34. The fraction of sp³-hybridized carbons (Fsp3) is 0.263. The number of fused-ring (bicyclic) bond motifs is 1. The Morgan fingerprint density at radius 3 is 2.43 bits per heavy atom. The average Bonchev–Trinajstić information content (AvgIpc) is 2.65. The van der Waals surface area contributed by atoms with Crippen molar-refractivity contribution in [2.45, 2.75) is 26.1 Å². The fourth-order valence-corrected chi connectivity index (χ4v) is 3.16. The van der Waals surface area contributed by atoms with Crippen molar-refractivity contribution < 1.29 is 28.0 Å². The molecule has 0 aliphatic heterocycles. The first-order valence-electron chi connectivity index (χ1n) is 8.96. The van der Waals surface area contributed by atoms with E-state index in [1.54, 1.807) is 13.8 Å². The van der Waals surface area contributed by atoms with Crippen LogP contribution in [0.15, 0.2) is 30.3 Å².